The smallest absolute Gasteiger partial charge is 0.407 e. The van der Waals surface area contributed by atoms with Crippen molar-refractivity contribution in [3.63, 3.8) is 0 Å². The second kappa shape index (κ2) is 4.62. The van der Waals surface area contributed by atoms with Gasteiger partial charge in [0.05, 0.1) is 0 Å². The number of amides is 1. The Morgan fingerprint density at radius 3 is 2.57 bits per heavy atom. The maximum Gasteiger partial charge on any atom is 0.407 e. The van der Waals surface area contributed by atoms with E-state index in [2.05, 4.69) is 0 Å². The Kier molecular flexibility index (Phi) is 3.48. The maximum atomic E-state index is 10.5. The molecule has 0 heterocycles. The van der Waals surface area contributed by atoms with Crippen molar-refractivity contribution >= 4 is 6.09 Å². The second-order valence-electron chi connectivity index (χ2n) is 3.18. The third kappa shape index (κ3) is 2.74. The number of likely N-dealkylation sites (N-methyl/N-ethyl adjacent to an activating group) is 1. The van der Waals surface area contributed by atoms with Crippen molar-refractivity contribution in [2.45, 2.75) is 6.04 Å². The van der Waals surface area contributed by atoms with Gasteiger partial charge in [0.2, 0.25) is 0 Å². The van der Waals surface area contributed by atoms with E-state index in [1.165, 1.54) is 11.9 Å². The van der Waals surface area contributed by atoms with Gasteiger partial charge in [0, 0.05) is 19.6 Å². The average molecular weight is 194 g/mol. The molecule has 0 aromatic heterocycles. The van der Waals surface area contributed by atoms with Crippen molar-refractivity contribution in [2.75, 3.05) is 13.6 Å². The van der Waals surface area contributed by atoms with Crippen LogP contribution in [0, 0.1) is 0 Å². The average Bonchev–Trinajstić information content (AvgIpc) is 2.19. The first-order chi connectivity index (χ1) is 6.61. The van der Waals surface area contributed by atoms with Gasteiger partial charge in [-0.3, -0.25) is 0 Å². The summed E-state index contributed by atoms with van der Waals surface area (Å²) in [6, 6.07) is 9.18. The molecular formula is C10H14N2O2. The number of hydrogen-bond donors (Lipinski definition) is 2. The summed E-state index contributed by atoms with van der Waals surface area (Å²) in [7, 11) is 1.51. The highest BCUT2D eigenvalue weighted by Gasteiger charge is 2.11. The van der Waals surface area contributed by atoms with Gasteiger partial charge in [-0.2, -0.15) is 0 Å². The lowest BCUT2D eigenvalue weighted by Crippen LogP contribution is -2.32. The van der Waals surface area contributed by atoms with Gasteiger partial charge < -0.3 is 15.7 Å². The summed E-state index contributed by atoms with van der Waals surface area (Å²) in [4.78, 5) is 11.7. The molecule has 1 amide bonds. The molecule has 0 aliphatic carbocycles. The number of nitrogens with two attached hydrogens (primary N) is 1. The van der Waals surface area contributed by atoms with Crippen LogP contribution < -0.4 is 5.73 Å². The van der Waals surface area contributed by atoms with Crippen molar-refractivity contribution in [3.05, 3.63) is 35.9 Å². The molecule has 0 spiro atoms. The van der Waals surface area contributed by atoms with Crippen LogP contribution in [-0.4, -0.2) is 29.7 Å². The van der Waals surface area contributed by atoms with Crippen LogP contribution in [0.4, 0.5) is 4.79 Å². The summed E-state index contributed by atoms with van der Waals surface area (Å²) in [6.45, 7) is 0.305. The van der Waals surface area contributed by atoms with E-state index in [9.17, 15) is 4.79 Å². The van der Waals surface area contributed by atoms with Crippen LogP contribution >= 0.6 is 0 Å². The molecule has 1 atom stereocenters. The number of hydrogen-bond acceptors (Lipinski definition) is 2. The number of nitrogens with zero attached hydrogens (tertiary/aromatic N) is 1. The van der Waals surface area contributed by atoms with Gasteiger partial charge in [-0.05, 0) is 5.56 Å². The van der Waals surface area contributed by atoms with Crippen LogP contribution in [-0.2, 0) is 0 Å². The number of benzene rings is 1. The molecule has 0 fully saturated rings. The number of rotatable bonds is 3. The van der Waals surface area contributed by atoms with Gasteiger partial charge in [-0.15, -0.1) is 0 Å². The molecule has 0 radical (unpaired) electrons. The fraction of sp³-hybridized carbons (Fsp3) is 0.300. The normalized spacial score (nSPS) is 12.1. The first-order valence-electron chi connectivity index (χ1n) is 4.36. The molecule has 0 aliphatic heterocycles. The van der Waals surface area contributed by atoms with Crippen LogP contribution in [0.15, 0.2) is 30.3 Å². The Bertz CT molecular complexity index is 300. The van der Waals surface area contributed by atoms with Crippen LogP contribution in [0.1, 0.15) is 11.6 Å². The van der Waals surface area contributed by atoms with E-state index in [0.29, 0.717) is 6.54 Å². The molecule has 14 heavy (non-hydrogen) atoms. The third-order valence-electron chi connectivity index (χ3n) is 2.02. The number of carbonyl (C=O) groups is 1. The summed E-state index contributed by atoms with van der Waals surface area (Å²) in [5.41, 5.74) is 6.77. The summed E-state index contributed by atoms with van der Waals surface area (Å²) in [5, 5.41) is 8.65. The molecular weight excluding hydrogens is 180 g/mol. The van der Waals surface area contributed by atoms with Gasteiger partial charge in [0.15, 0.2) is 0 Å². The van der Waals surface area contributed by atoms with E-state index in [4.69, 9.17) is 10.8 Å². The Hall–Kier alpha value is -1.55. The van der Waals surface area contributed by atoms with E-state index in [-0.39, 0.29) is 6.04 Å². The van der Waals surface area contributed by atoms with Crippen LogP contribution in [0.5, 0.6) is 0 Å². The predicted molar refractivity (Wildman–Crippen MR) is 54.0 cm³/mol. The second-order valence-corrected chi connectivity index (χ2v) is 3.18. The summed E-state index contributed by atoms with van der Waals surface area (Å²) in [6.07, 6.45) is -0.962. The van der Waals surface area contributed by atoms with Gasteiger partial charge in [0.1, 0.15) is 0 Å². The van der Waals surface area contributed by atoms with Crippen molar-refractivity contribution < 1.29 is 9.90 Å². The molecule has 0 aliphatic rings. The van der Waals surface area contributed by atoms with Crippen LogP contribution in [0.3, 0.4) is 0 Å². The first-order valence-corrected chi connectivity index (χ1v) is 4.36. The number of carboxylic acid groups (broad SMARTS) is 1. The SMILES string of the molecule is CN(CC(N)c1ccccc1)C(=O)O. The summed E-state index contributed by atoms with van der Waals surface area (Å²) >= 11 is 0. The fourth-order valence-electron chi connectivity index (χ4n) is 1.18. The Labute approximate surface area is 82.9 Å². The lowest BCUT2D eigenvalue weighted by Gasteiger charge is -2.18. The van der Waals surface area contributed by atoms with Crippen LogP contribution in [0.25, 0.3) is 0 Å². The van der Waals surface area contributed by atoms with E-state index in [0.717, 1.165) is 5.56 Å². The molecule has 4 heteroatoms. The molecule has 1 aromatic rings. The lowest BCUT2D eigenvalue weighted by molar-refractivity contribution is 0.153. The van der Waals surface area contributed by atoms with Crippen molar-refractivity contribution in [1.29, 1.82) is 0 Å². The Morgan fingerprint density at radius 1 is 1.50 bits per heavy atom. The van der Waals surface area contributed by atoms with E-state index >= 15 is 0 Å². The van der Waals surface area contributed by atoms with E-state index < -0.39 is 6.09 Å². The molecule has 1 aromatic carbocycles. The largest absolute Gasteiger partial charge is 0.465 e. The molecule has 76 valence electrons. The van der Waals surface area contributed by atoms with Crippen molar-refractivity contribution in [3.8, 4) is 0 Å². The molecule has 0 bridgehead atoms. The maximum absolute atomic E-state index is 10.5. The molecule has 1 unspecified atom stereocenters. The summed E-state index contributed by atoms with van der Waals surface area (Å²) in [5.74, 6) is 0. The fourth-order valence-corrected chi connectivity index (χ4v) is 1.18. The Balaban J connectivity index is 2.59. The van der Waals surface area contributed by atoms with Crippen LogP contribution in [0.2, 0.25) is 0 Å². The molecule has 0 saturated carbocycles. The standard InChI is InChI=1S/C10H14N2O2/c1-12(10(13)14)7-9(11)8-5-3-2-4-6-8/h2-6,9H,7,11H2,1H3,(H,13,14). The zero-order chi connectivity index (χ0) is 10.6. The monoisotopic (exact) mass is 194 g/mol. The van der Waals surface area contributed by atoms with Gasteiger partial charge in [0.25, 0.3) is 0 Å². The van der Waals surface area contributed by atoms with Crippen molar-refractivity contribution in [2.24, 2.45) is 5.73 Å². The quantitative estimate of drug-likeness (QED) is 0.762. The van der Waals surface area contributed by atoms with Crippen molar-refractivity contribution in [1.82, 2.24) is 4.90 Å². The third-order valence-corrected chi connectivity index (χ3v) is 2.02. The van der Waals surface area contributed by atoms with Gasteiger partial charge >= 0.3 is 6.09 Å². The molecule has 3 N–H and O–H groups in total. The first kappa shape index (κ1) is 10.5. The highest BCUT2D eigenvalue weighted by molar-refractivity contribution is 5.64. The van der Waals surface area contributed by atoms with Gasteiger partial charge in [-0.1, -0.05) is 30.3 Å². The lowest BCUT2D eigenvalue weighted by atomic mass is 10.1. The topological polar surface area (TPSA) is 66.6 Å². The van der Waals surface area contributed by atoms with Gasteiger partial charge in [-0.25, -0.2) is 4.79 Å². The summed E-state index contributed by atoms with van der Waals surface area (Å²) < 4.78 is 0. The molecule has 0 saturated heterocycles. The predicted octanol–water partition coefficient (Wildman–Crippen LogP) is 1.30. The molecule has 1 rings (SSSR count). The van der Waals surface area contributed by atoms with E-state index in [1.54, 1.807) is 0 Å². The van der Waals surface area contributed by atoms with E-state index in [1.807, 2.05) is 30.3 Å². The minimum absolute atomic E-state index is 0.266. The minimum atomic E-state index is -0.962. The molecule has 4 nitrogen and oxygen atoms in total. The zero-order valence-corrected chi connectivity index (χ0v) is 8.05. The minimum Gasteiger partial charge on any atom is -0.465 e. The highest BCUT2D eigenvalue weighted by atomic mass is 16.4. The highest BCUT2D eigenvalue weighted by Crippen LogP contribution is 2.10. The zero-order valence-electron chi connectivity index (χ0n) is 8.05. The Morgan fingerprint density at radius 2 is 2.07 bits per heavy atom.